The van der Waals surface area contributed by atoms with Gasteiger partial charge >= 0.3 is 0 Å². The topological polar surface area (TPSA) is 102 Å². The van der Waals surface area contributed by atoms with E-state index in [1.54, 1.807) is 30.7 Å². The van der Waals surface area contributed by atoms with E-state index in [1.165, 1.54) is 12.1 Å². The largest absolute Gasteiger partial charge is 0.355 e. The first-order valence-electron chi connectivity index (χ1n) is 11.7. The summed E-state index contributed by atoms with van der Waals surface area (Å²) in [6.07, 6.45) is 4.99. The average molecular weight is 488 g/mol. The van der Waals surface area contributed by atoms with Crippen molar-refractivity contribution in [3.63, 3.8) is 0 Å². The van der Waals surface area contributed by atoms with Gasteiger partial charge in [0.05, 0.1) is 30.0 Å². The molecule has 184 valence electrons. The molecule has 8 nitrogen and oxygen atoms in total. The highest BCUT2D eigenvalue weighted by molar-refractivity contribution is 5.82. The minimum absolute atomic E-state index is 0.138. The molecule has 0 radical (unpaired) electrons. The summed E-state index contributed by atoms with van der Waals surface area (Å²) in [7, 11) is 0. The molecule has 4 heterocycles. The first kappa shape index (κ1) is 23.8. The second-order valence-corrected chi connectivity index (χ2v) is 8.93. The Kier molecular flexibility index (Phi) is 6.84. The van der Waals surface area contributed by atoms with Crippen LogP contribution in [-0.2, 0) is 20.7 Å². The predicted molar refractivity (Wildman–Crippen MR) is 131 cm³/mol. The van der Waals surface area contributed by atoms with Gasteiger partial charge in [-0.05, 0) is 55.5 Å². The van der Waals surface area contributed by atoms with Crippen LogP contribution in [-0.4, -0.2) is 45.6 Å². The number of nitrogens with zero attached hydrogens (tertiary/aromatic N) is 3. The second-order valence-electron chi connectivity index (χ2n) is 8.93. The Morgan fingerprint density at radius 2 is 1.81 bits per heavy atom. The lowest BCUT2D eigenvalue weighted by atomic mass is 9.91. The van der Waals surface area contributed by atoms with Crippen molar-refractivity contribution in [2.24, 2.45) is 5.41 Å². The highest BCUT2D eigenvalue weighted by Gasteiger charge is 2.40. The van der Waals surface area contributed by atoms with E-state index in [2.05, 4.69) is 20.3 Å². The monoisotopic (exact) mass is 487 g/mol. The normalized spacial score (nSPS) is 19.7. The summed E-state index contributed by atoms with van der Waals surface area (Å²) in [5.41, 5.74) is 3.09. The average Bonchev–Trinajstić information content (AvgIpc) is 3.36. The van der Waals surface area contributed by atoms with E-state index in [1.807, 2.05) is 37.3 Å². The number of nitrogens with one attached hydrogen (secondary N) is 2. The van der Waals surface area contributed by atoms with Crippen LogP contribution in [0.2, 0.25) is 0 Å². The molecule has 0 spiro atoms. The number of hydrogen-bond acceptors (Lipinski definition) is 6. The molecule has 1 aliphatic rings. The number of H-pyrrole nitrogens is 1. The third-order valence-corrected chi connectivity index (χ3v) is 6.08. The molecule has 0 saturated carbocycles. The number of amides is 1. The standard InChI is InChI=1S/C27H26FN5O3/c1-27(26(34)31-15-11-21-4-2-3-12-30-21)16-35-25(36-17-27)24-32-22(18-5-7-20(28)8-6-18)23(33-24)19-9-13-29-14-10-19/h2-10,12-14,25H,11,15-17H2,1H3,(H,31,34)(H,32,33). The molecule has 1 fully saturated rings. The zero-order valence-electron chi connectivity index (χ0n) is 19.8. The van der Waals surface area contributed by atoms with Crippen LogP contribution in [0.25, 0.3) is 22.5 Å². The molecule has 2 N–H and O–H groups in total. The molecular weight excluding hydrogens is 461 g/mol. The zero-order chi connectivity index (χ0) is 25.0. The Labute approximate surface area is 207 Å². The fraction of sp³-hybridized carbons (Fsp3) is 0.259. The fourth-order valence-electron chi connectivity index (χ4n) is 4.01. The van der Waals surface area contributed by atoms with Gasteiger partial charge < -0.3 is 19.8 Å². The van der Waals surface area contributed by atoms with Crippen molar-refractivity contribution >= 4 is 5.91 Å². The molecule has 3 aromatic heterocycles. The molecule has 0 aliphatic carbocycles. The molecule has 0 atom stereocenters. The first-order chi connectivity index (χ1) is 17.5. The third kappa shape index (κ3) is 5.17. The van der Waals surface area contributed by atoms with E-state index >= 15 is 0 Å². The lowest BCUT2D eigenvalue weighted by Crippen LogP contribution is -2.49. The van der Waals surface area contributed by atoms with Crippen LogP contribution in [0.3, 0.4) is 0 Å². The molecule has 1 amide bonds. The van der Waals surface area contributed by atoms with Gasteiger partial charge in [-0.15, -0.1) is 0 Å². The van der Waals surface area contributed by atoms with E-state index in [4.69, 9.17) is 14.5 Å². The van der Waals surface area contributed by atoms with Gasteiger partial charge in [0.1, 0.15) is 5.82 Å². The van der Waals surface area contributed by atoms with Gasteiger partial charge in [0.2, 0.25) is 12.2 Å². The smallest absolute Gasteiger partial charge is 0.230 e. The maximum Gasteiger partial charge on any atom is 0.230 e. The first-order valence-corrected chi connectivity index (χ1v) is 11.7. The van der Waals surface area contributed by atoms with Crippen molar-refractivity contribution in [3.05, 3.63) is 90.5 Å². The van der Waals surface area contributed by atoms with Crippen LogP contribution in [0.1, 0.15) is 24.7 Å². The van der Waals surface area contributed by atoms with Crippen molar-refractivity contribution in [2.75, 3.05) is 19.8 Å². The van der Waals surface area contributed by atoms with Gasteiger partial charge in [-0.2, -0.15) is 0 Å². The number of halogens is 1. The predicted octanol–water partition coefficient (Wildman–Crippen LogP) is 4.08. The number of pyridine rings is 2. The summed E-state index contributed by atoms with van der Waals surface area (Å²) in [6.45, 7) is 2.63. The summed E-state index contributed by atoms with van der Waals surface area (Å²) >= 11 is 0. The van der Waals surface area contributed by atoms with Crippen molar-refractivity contribution in [1.29, 1.82) is 0 Å². The Balaban J connectivity index is 1.28. The van der Waals surface area contributed by atoms with Crippen LogP contribution in [0.15, 0.2) is 73.2 Å². The number of aromatic nitrogens is 4. The number of benzene rings is 1. The molecule has 5 rings (SSSR count). The Bertz CT molecular complexity index is 1300. The lowest BCUT2D eigenvalue weighted by Gasteiger charge is -2.35. The number of imidazole rings is 1. The molecule has 36 heavy (non-hydrogen) atoms. The highest BCUT2D eigenvalue weighted by atomic mass is 19.1. The number of carbonyl (C=O) groups excluding carboxylic acids is 1. The number of aromatic amines is 1. The van der Waals surface area contributed by atoms with Crippen LogP contribution < -0.4 is 5.32 Å². The van der Waals surface area contributed by atoms with Crippen LogP contribution in [0, 0.1) is 11.2 Å². The van der Waals surface area contributed by atoms with E-state index in [0.29, 0.717) is 24.5 Å². The Morgan fingerprint density at radius 3 is 2.50 bits per heavy atom. The van der Waals surface area contributed by atoms with Gasteiger partial charge in [-0.25, -0.2) is 9.37 Å². The van der Waals surface area contributed by atoms with Crippen LogP contribution in [0.4, 0.5) is 4.39 Å². The number of hydrogen-bond donors (Lipinski definition) is 2. The van der Waals surface area contributed by atoms with Gasteiger partial charge in [0.25, 0.3) is 0 Å². The lowest BCUT2D eigenvalue weighted by molar-refractivity contribution is -0.231. The van der Waals surface area contributed by atoms with Crippen molar-refractivity contribution in [1.82, 2.24) is 25.3 Å². The summed E-state index contributed by atoms with van der Waals surface area (Å²) < 4.78 is 25.4. The fourth-order valence-corrected chi connectivity index (χ4v) is 4.01. The minimum atomic E-state index is -0.832. The summed E-state index contributed by atoms with van der Waals surface area (Å²) in [5, 5.41) is 2.96. The maximum absolute atomic E-state index is 13.5. The van der Waals surface area contributed by atoms with Gasteiger partial charge in [-0.1, -0.05) is 6.07 Å². The molecule has 1 aromatic carbocycles. The Morgan fingerprint density at radius 1 is 1.06 bits per heavy atom. The highest BCUT2D eigenvalue weighted by Crippen LogP contribution is 2.35. The molecule has 1 aliphatic heterocycles. The van der Waals surface area contributed by atoms with E-state index < -0.39 is 11.7 Å². The SMILES string of the molecule is CC1(C(=O)NCCc2ccccn2)COC(c2nc(-c3ccc(F)cc3)c(-c3ccncc3)[nH]2)OC1. The molecular formula is C27H26FN5O3. The minimum Gasteiger partial charge on any atom is -0.355 e. The molecule has 0 bridgehead atoms. The third-order valence-electron chi connectivity index (χ3n) is 6.08. The number of carbonyl (C=O) groups is 1. The van der Waals surface area contributed by atoms with E-state index in [9.17, 15) is 9.18 Å². The number of rotatable bonds is 7. The van der Waals surface area contributed by atoms with Crippen molar-refractivity contribution in [2.45, 2.75) is 19.6 Å². The zero-order valence-corrected chi connectivity index (χ0v) is 19.8. The summed E-state index contributed by atoms with van der Waals surface area (Å²) in [4.78, 5) is 29.2. The molecule has 0 unspecified atom stereocenters. The van der Waals surface area contributed by atoms with E-state index in [0.717, 1.165) is 22.5 Å². The Hall–Kier alpha value is -3.95. The quantitative estimate of drug-likeness (QED) is 0.407. The van der Waals surface area contributed by atoms with Crippen LogP contribution in [0.5, 0.6) is 0 Å². The molecule has 9 heteroatoms. The summed E-state index contributed by atoms with van der Waals surface area (Å²) in [5.74, 6) is 0.0102. The number of ether oxygens (including phenoxy) is 2. The van der Waals surface area contributed by atoms with E-state index in [-0.39, 0.29) is 24.9 Å². The second kappa shape index (κ2) is 10.3. The van der Waals surface area contributed by atoms with Crippen molar-refractivity contribution in [3.8, 4) is 22.5 Å². The maximum atomic E-state index is 13.5. The van der Waals surface area contributed by atoms with Gasteiger partial charge in [-0.3, -0.25) is 14.8 Å². The van der Waals surface area contributed by atoms with Gasteiger partial charge in [0, 0.05) is 48.4 Å². The molecule has 4 aromatic rings. The summed E-state index contributed by atoms with van der Waals surface area (Å²) in [6, 6.07) is 15.6. The van der Waals surface area contributed by atoms with Crippen molar-refractivity contribution < 1.29 is 18.7 Å². The van der Waals surface area contributed by atoms with Crippen LogP contribution >= 0.6 is 0 Å². The van der Waals surface area contributed by atoms with Gasteiger partial charge in [0.15, 0.2) is 5.82 Å². The molecule has 1 saturated heterocycles.